The Morgan fingerprint density at radius 1 is 1.40 bits per heavy atom. The van der Waals surface area contributed by atoms with Gasteiger partial charge in [-0.05, 0) is 18.9 Å². The van der Waals surface area contributed by atoms with Gasteiger partial charge in [-0.15, -0.1) is 0 Å². The fourth-order valence-corrected chi connectivity index (χ4v) is 4.29. The Morgan fingerprint density at radius 2 is 2.17 bits per heavy atom. The van der Waals surface area contributed by atoms with Crippen molar-refractivity contribution in [3.05, 3.63) is 24.0 Å². The molecule has 1 fully saturated rings. The van der Waals surface area contributed by atoms with E-state index in [-0.39, 0.29) is 23.7 Å². The van der Waals surface area contributed by atoms with Crippen molar-refractivity contribution in [2.75, 3.05) is 47.5 Å². The van der Waals surface area contributed by atoms with Crippen LogP contribution in [0.15, 0.2) is 18.5 Å². The third-order valence-corrected chi connectivity index (χ3v) is 5.74. The van der Waals surface area contributed by atoms with Gasteiger partial charge in [-0.2, -0.15) is 10.4 Å². The Hall–Kier alpha value is -3.32. The van der Waals surface area contributed by atoms with Crippen LogP contribution in [0.1, 0.15) is 29.6 Å². The van der Waals surface area contributed by atoms with E-state index in [9.17, 15) is 9.90 Å². The molecule has 2 aliphatic rings. The summed E-state index contributed by atoms with van der Waals surface area (Å²) in [4.78, 5) is 21.4. The Labute approximate surface area is 174 Å². The molecule has 10 heteroatoms. The van der Waals surface area contributed by atoms with Crippen LogP contribution in [0.5, 0.6) is 0 Å². The largest absolute Gasteiger partial charge is 0.393 e. The number of fused-ring (bicyclic) bond motifs is 1. The molecule has 4 N–H and O–H groups in total. The van der Waals surface area contributed by atoms with Crippen molar-refractivity contribution in [1.82, 2.24) is 14.8 Å². The topological polar surface area (TPSA) is 136 Å². The normalized spacial score (nSPS) is 19.3. The number of carbonyl (C=O) groups is 1. The van der Waals surface area contributed by atoms with Crippen LogP contribution in [0.3, 0.4) is 0 Å². The van der Waals surface area contributed by atoms with Gasteiger partial charge in [-0.1, -0.05) is 0 Å². The average Bonchev–Trinajstić information content (AvgIpc) is 3.06. The number of hydrogen-bond donors (Lipinski definition) is 3. The minimum absolute atomic E-state index is 0.141. The predicted molar refractivity (Wildman–Crippen MR) is 113 cm³/mol. The summed E-state index contributed by atoms with van der Waals surface area (Å²) in [5, 5.41) is 26.1. The first-order valence-electron chi connectivity index (χ1n) is 10.1. The fourth-order valence-electron chi connectivity index (χ4n) is 4.29. The van der Waals surface area contributed by atoms with Crippen LogP contribution in [0.2, 0.25) is 0 Å². The molecule has 1 unspecified atom stereocenters. The number of anilines is 4. The maximum atomic E-state index is 13.2. The number of nitrogen functional groups attached to an aromatic ring is 1. The lowest BCUT2D eigenvalue weighted by atomic mass is 10.0. The zero-order valence-corrected chi connectivity index (χ0v) is 17.0. The van der Waals surface area contributed by atoms with E-state index in [1.807, 2.05) is 18.0 Å². The number of pyridine rings is 1. The van der Waals surface area contributed by atoms with Crippen molar-refractivity contribution in [3.63, 3.8) is 0 Å². The quantitative estimate of drug-likeness (QED) is 0.680. The van der Waals surface area contributed by atoms with Crippen LogP contribution >= 0.6 is 0 Å². The van der Waals surface area contributed by atoms with Crippen LogP contribution in [0.4, 0.5) is 23.0 Å². The number of aliphatic hydroxyl groups is 1. The number of nitriles is 1. The van der Waals surface area contributed by atoms with Gasteiger partial charge in [0.25, 0.3) is 5.91 Å². The summed E-state index contributed by atoms with van der Waals surface area (Å²) in [5.41, 5.74) is 7.91. The number of nitrogens with two attached hydrogens (primary N) is 1. The number of aliphatic hydroxyl groups excluding tert-OH is 1. The molecule has 0 aliphatic carbocycles. The lowest BCUT2D eigenvalue weighted by Gasteiger charge is -2.33. The monoisotopic (exact) mass is 410 g/mol. The molecule has 0 bridgehead atoms. The summed E-state index contributed by atoms with van der Waals surface area (Å²) >= 11 is 0. The van der Waals surface area contributed by atoms with Crippen LogP contribution in [0.25, 0.3) is 0 Å². The number of rotatable bonds is 4. The van der Waals surface area contributed by atoms with Crippen LogP contribution in [-0.2, 0) is 6.54 Å². The molecule has 2 aromatic heterocycles. The van der Waals surface area contributed by atoms with Crippen molar-refractivity contribution >= 4 is 28.9 Å². The highest BCUT2D eigenvalue weighted by Gasteiger charge is 2.31. The van der Waals surface area contributed by atoms with Crippen molar-refractivity contribution in [3.8, 4) is 6.07 Å². The molecule has 4 rings (SSSR count). The molecule has 0 spiro atoms. The zero-order chi connectivity index (χ0) is 21.3. The van der Waals surface area contributed by atoms with E-state index in [2.05, 4.69) is 26.4 Å². The van der Waals surface area contributed by atoms with Crippen molar-refractivity contribution in [1.29, 1.82) is 5.26 Å². The molecule has 10 nitrogen and oxygen atoms in total. The Bertz CT molecular complexity index is 974. The molecule has 1 atom stereocenters. The standard InChI is InChI=1S/C20H26N8O2/c1-26-11-13(2-6-21)12-28-20(26)17(18(22)25-28)19(30)24-15-10-23-7-3-16(15)27-8-4-14(29)5-9-27/h3,7,10,13-14,29H,2,4-5,8-9,11-12H2,1H3,(H2,22,25)(H,24,30). The number of nitrogens with zero attached hydrogens (tertiary/aromatic N) is 6. The fraction of sp³-hybridized carbons (Fsp3) is 0.500. The van der Waals surface area contributed by atoms with Gasteiger partial charge in [-0.3, -0.25) is 9.78 Å². The summed E-state index contributed by atoms with van der Waals surface area (Å²) in [7, 11) is 1.88. The Morgan fingerprint density at radius 3 is 2.90 bits per heavy atom. The zero-order valence-electron chi connectivity index (χ0n) is 17.0. The van der Waals surface area contributed by atoms with E-state index in [0.717, 1.165) is 5.69 Å². The highest BCUT2D eigenvalue weighted by molar-refractivity contribution is 6.12. The lowest BCUT2D eigenvalue weighted by molar-refractivity contribution is 0.102. The van der Waals surface area contributed by atoms with Gasteiger partial charge >= 0.3 is 0 Å². The molecule has 30 heavy (non-hydrogen) atoms. The SMILES string of the molecule is CN1CC(CC#N)Cn2nc(N)c(C(=O)Nc3cnccc3N3CCC(O)CC3)c21. The van der Waals surface area contributed by atoms with Crippen LogP contribution in [-0.4, -0.2) is 58.6 Å². The average molecular weight is 410 g/mol. The number of nitrogens with one attached hydrogen (secondary N) is 1. The van der Waals surface area contributed by atoms with Gasteiger partial charge in [0.05, 0.1) is 29.7 Å². The highest BCUT2D eigenvalue weighted by Crippen LogP contribution is 2.33. The molecule has 0 aromatic carbocycles. The van der Waals surface area contributed by atoms with E-state index >= 15 is 0 Å². The van der Waals surface area contributed by atoms with Crippen molar-refractivity contribution < 1.29 is 9.90 Å². The summed E-state index contributed by atoms with van der Waals surface area (Å²) in [6.45, 7) is 2.64. The summed E-state index contributed by atoms with van der Waals surface area (Å²) in [6.07, 6.45) is 4.84. The van der Waals surface area contributed by atoms with Gasteiger partial charge in [0.2, 0.25) is 0 Å². The maximum Gasteiger partial charge on any atom is 0.263 e. The molecule has 158 valence electrons. The van der Waals surface area contributed by atoms with Gasteiger partial charge < -0.3 is 26.0 Å². The summed E-state index contributed by atoms with van der Waals surface area (Å²) in [6, 6.07) is 4.06. The molecule has 4 heterocycles. The minimum Gasteiger partial charge on any atom is -0.393 e. The summed E-state index contributed by atoms with van der Waals surface area (Å²) in [5.74, 6) is 0.622. The van der Waals surface area contributed by atoms with Crippen LogP contribution in [0, 0.1) is 17.2 Å². The molecular formula is C20H26N8O2. The second kappa shape index (κ2) is 8.20. The van der Waals surface area contributed by atoms with Gasteiger partial charge in [0.1, 0.15) is 11.4 Å². The van der Waals surface area contributed by atoms with E-state index in [4.69, 9.17) is 11.0 Å². The van der Waals surface area contributed by atoms with Crippen molar-refractivity contribution in [2.24, 2.45) is 5.92 Å². The van der Waals surface area contributed by atoms with E-state index in [1.54, 1.807) is 17.1 Å². The lowest BCUT2D eigenvalue weighted by Crippen LogP contribution is -2.37. The molecule has 2 aliphatic heterocycles. The third-order valence-electron chi connectivity index (χ3n) is 5.74. The third kappa shape index (κ3) is 3.76. The molecule has 1 amide bonds. The predicted octanol–water partition coefficient (Wildman–Crippen LogP) is 1.05. The van der Waals surface area contributed by atoms with E-state index in [0.29, 0.717) is 62.5 Å². The summed E-state index contributed by atoms with van der Waals surface area (Å²) < 4.78 is 1.71. The smallest absolute Gasteiger partial charge is 0.263 e. The minimum atomic E-state index is -0.342. The van der Waals surface area contributed by atoms with Gasteiger partial charge in [0, 0.05) is 51.8 Å². The second-order valence-corrected chi connectivity index (χ2v) is 7.94. The molecular weight excluding hydrogens is 384 g/mol. The van der Waals surface area contributed by atoms with E-state index in [1.165, 1.54) is 0 Å². The Balaban J connectivity index is 1.59. The van der Waals surface area contributed by atoms with Gasteiger partial charge in [0.15, 0.2) is 5.82 Å². The first-order valence-corrected chi connectivity index (χ1v) is 10.1. The number of piperidine rings is 1. The number of amides is 1. The number of hydrogen-bond acceptors (Lipinski definition) is 8. The first-order chi connectivity index (χ1) is 14.5. The molecule has 0 saturated carbocycles. The van der Waals surface area contributed by atoms with Crippen molar-refractivity contribution in [2.45, 2.75) is 31.9 Å². The molecule has 1 saturated heterocycles. The number of carbonyl (C=O) groups excluding carboxylic acids is 1. The molecule has 2 aromatic rings. The number of aromatic nitrogens is 3. The maximum absolute atomic E-state index is 13.2. The highest BCUT2D eigenvalue weighted by atomic mass is 16.3. The van der Waals surface area contributed by atoms with Crippen LogP contribution < -0.4 is 20.9 Å². The first kappa shape index (κ1) is 20.0. The van der Waals surface area contributed by atoms with E-state index < -0.39 is 0 Å². The van der Waals surface area contributed by atoms with Gasteiger partial charge in [-0.25, -0.2) is 4.68 Å². The second-order valence-electron chi connectivity index (χ2n) is 7.94. The molecule has 0 radical (unpaired) electrons. The Kier molecular flexibility index (Phi) is 5.46.